The van der Waals surface area contributed by atoms with Crippen molar-refractivity contribution in [3.63, 3.8) is 0 Å². The molecular formula is C20H22O2S2. The van der Waals surface area contributed by atoms with Gasteiger partial charge in [0, 0.05) is 23.0 Å². The topological polar surface area (TPSA) is 26.3 Å². The quantitative estimate of drug-likeness (QED) is 0.634. The molecule has 0 N–H and O–H groups in total. The molecule has 0 spiro atoms. The van der Waals surface area contributed by atoms with Gasteiger partial charge in [-0.1, -0.05) is 60.7 Å². The summed E-state index contributed by atoms with van der Waals surface area (Å²) < 4.78 is 5.54. The third-order valence-corrected chi connectivity index (χ3v) is 6.33. The van der Waals surface area contributed by atoms with Crippen LogP contribution >= 0.6 is 23.5 Å². The predicted molar refractivity (Wildman–Crippen MR) is 103 cm³/mol. The number of esters is 1. The zero-order valence-corrected chi connectivity index (χ0v) is 15.2. The lowest BCUT2D eigenvalue weighted by Crippen LogP contribution is -2.10. The molecule has 1 fully saturated rings. The average Bonchev–Trinajstić information content (AvgIpc) is 2.97. The summed E-state index contributed by atoms with van der Waals surface area (Å²) in [4.78, 5) is 12.0. The zero-order valence-electron chi connectivity index (χ0n) is 13.6. The molecule has 24 heavy (non-hydrogen) atoms. The van der Waals surface area contributed by atoms with Crippen LogP contribution in [0.5, 0.6) is 0 Å². The molecule has 1 heterocycles. The highest BCUT2D eigenvalue weighted by molar-refractivity contribution is 7.98. The number of carbonyl (C=O) groups is 1. The van der Waals surface area contributed by atoms with Crippen LogP contribution in [0, 0.1) is 5.92 Å². The maximum Gasteiger partial charge on any atom is 0.310 e. The predicted octanol–water partition coefficient (Wildman–Crippen LogP) is 4.78. The first-order chi connectivity index (χ1) is 11.8. The first-order valence-electron chi connectivity index (χ1n) is 8.25. The molecule has 1 aliphatic rings. The summed E-state index contributed by atoms with van der Waals surface area (Å²) in [6, 6.07) is 20.8. The van der Waals surface area contributed by atoms with Crippen molar-refractivity contribution in [3.05, 3.63) is 71.8 Å². The maximum absolute atomic E-state index is 12.0. The first-order valence-corrected chi connectivity index (χ1v) is 10.6. The number of benzene rings is 2. The fraction of sp³-hybridized carbons (Fsp3) is 0.350. The fourth-order valence-corrected chi connectivity index (χ4v) is 4.85. The van der Waals surface area contributed by atoms with Gasteiger partial charge in [-0.2, -0.15) is 23.5 Å². The monoisotopic (exact) mass is 358 g/mol. The van der Waals surface area contributed by atoms with E-state index in [0.29, 0.717) is 0 Å². The van der Waals surface area contributed by atoms with Crippen molar-refractivity contribution in [3.8, 4) is 0 Å². The summed E-state index contributed by atoms with van der Waals surface area (Å²) in [6.07, 6.45) is 0.941. The van der Waals surface area contributed by atoms with Crippen molar-refractivity contribution >= 4 is 29.5 Å². The highest BCUT2D eigenvalue weighted by Crippen LogP contribution is 2.28. The third-order valence-electron chi connectivity index (χ3n) is 4.01. The van der Waals surface area contributed by atoms with Gasteiger partial charge < -0.3 is 4.74 Å². The average molecular weight is 359 g/mol. The van der Waals surface area contributed by atoms with Crippen LogP contribution in [0.3, 0.4) is 0 Å². The van der Waals surface area contributed by atoms with Gasteiger partial charge >= 0.3 is 5.97 Å². The van der Waals surface area contributed by atoms with Crippen LogP contribution in [-0.2, 0) is 21.0 Å². The SMILES string of the molecule is O=C1O[C@@H](CSCc2ccccc2)C[C@H]1CSCc1ccccc1. The Labute approximate surface area is 152 Å². The summed E-state index contributed by atoms with van der Waals surface area (Å²) in [6.45, 7) is 0. The van der Waals surface area contributed by atoms with E-state index in [1.807, 2.05) is 35.7 Å². The van der Waals surface area contributed by atoms with Crippen LogP contribution in [-0.4, -0.2) is 23.6 Å². The Kier molecular flexibility index (Phi) is 6.67. The van der Waals surface area contributed by atoms with Crippen molar-refractivity contribution in [2.75, 3.05) is 11.5 Å². The van der Waals surface area contributed by atoms with E-state index < -0.39 is 0 Å². The van der Waals surface area contributed by atoms with Gasteiger partial charge in [-0.15, -0.1) is 0 Å². The van der Waals surface area contributed by atoms with Gasteiger partial charge in [0.1, 0.15) is 6.10 Å². The normalized spacial score (nSPS) is 20.1. The maximum atomic E-state index is 12.0. The van der Waals surface area contributed by atoms with Gasteiger partial charge in [0.15, 0.2) is 0 Å². The molecule has 3 rings (SSSR count). The molecule has 1 saturated heterocycles. The van der Waals surface area contributed by atoms with E-state index in [4.69, 9.17) is 4.74 Å². The number of cyclic esters (lactones) is 1. The van der Waals surface area contributed by atoms with E-state index in [-0.39, 0.29) is 18.0 Å². The summed E-state index contributed by atoms with van der Waals surface area (Å²) >= 11 is 3.67. The summed E-state index contributed by atoms with van der Waals surface area (Å²) in [7, 11) is 0. The van der Waals surface area contributed by atoms with Crippen molar-refractivity contribution in [2.24, 2.45) is 5.92 Å². The second-order valence-electron chi connectivity index (χ2n) is 5.99. The number of carbonyl (C=O) groups excluding carboxylic acids is 1. The number of rotatable bonds is 8. The Morgan fingerprint density at radius 3 is 1.96 bits per heavy atom. The molecule has 0 aliphatic carbocycles. The molecule has 4 heteroatoms. The second-order valence-corrected chi connectivity index (χ2v) is 8.05. The first kappa shape index (κ1) is 17.4. The van der Waals surface area contributed by atoms with Crippen LogP contribution in [0.15, 0.2) is 60.7 Å². The van der Waals surface area contributed by atoms with Gasteiger partial charge in [-0.25, -0.2) is 0 Å². The lowest BCUT2D eigenvalue weighted by molar-refractivity contribution is -0.143. The Bertz CT molecular complexity index is 631. The summed E-state index contributed by atoms with van der Waals surface area (Å²) in [5.41, 5.74) is 2.63. The van der Waals surface area contributed by atoms with Crippen LogP contribution in [0.1, 0.15) is 17.5 Å². The standard InChI is InChI=1S/C20H22O2S2/c21-20-18(14-23-12-16-7-3-1-4-8-16)11-19(22-20)15-24-13-17-9-5-2-6-10-17/h1-10,18-19H,11-15H2/t18-,19+/m0/s1. The van der Waals surface area contributed by atoms with E-state index in [2.05, 4.69) is 48.5 Å². The Morgan fingerprint density at radius 2 is 1.38 bits per heavy atom. The number of hydrogen-bond acceptors (Lipinski definition) is 4. The highest BCUT2D eigenvalue weighted by Gasteiger charge is 2.33. The van der Waals surface area contributed by atoms with Crippen LogP contribution in [0.25, 0.3) is 0 Å². The van der Waals surface area contributed by atoms with Gasteiger partial charge in [0.25, 0.3) is 0 Å². The van der Waals surface area contributed by atoms with Gasteiger partial charge in [0.05, 0.1) is 5.92 Å². The molecule has 0 aromatic heterocycles. The molecule has 0 bridgehead atoms. The van der Waals surface area contributed by atoms with E-state index in [9.17, 15) is 4.79 Å². The smallest absolute Gasteiger partial charge is 0.310 e. The second kappa shape index (κ2) is 9.19. The van der Waals surface area contributed by atoms with Crippen LogP contribution in [0.2, 0.25) is 0 Å². The highest BCUT2D eigenvalue weighted by atomic mass is 32.2. The Balaban J connectivity index is 1.36. The van der Waals surface area contributed by atoms with Crippen LogP contribution < -0.4 is 0 Å². The third kappa shape index (κ3) is 5.32. The molecule has 0 saturated carbocycles. The molecule has 2 aromatic rings. The van der Waals surface area contributed by atoms with Crippen molar-refractivity contribution in [1.82, 2.24) is 0 Å². The summed E-state index contributed by atoms with van der Waals surface area (Å²) in [5.74, 6) is 3.72. The zero-order chi connectivity index (χ0) is 16.6. The fourth-order valence-electron chi connectivity index (χ4n) is 2.74. The summed E-state index contributed by atoms with van der Waals surface area (Å²) in [5, 5.41) is 0. The lowest BCUT2D eigenvalue weighted by Gasteiger charge is -2.08. The molecule has 2 nitrogen and oxygen atoms in total. The molecule has 2 atom stereocenters. The molecule has 0 radical (unpaired) electrons. The lowest BCUT2D eigenvalue weighted by atomic mass is 10.1. The number of hydrogen-bond donors (Lipinski definition) is 0. The molecule has 2 aromatic carbocycles. The Morgan fingerprint density at radius 1 is 0.833 bits per heavy atom. The minimum Gasteiger partial charge on any atom is -0.461 e. The number of ether oxygens (including phenoxy) is 1. The van der Waals surface area contributed by atoms with Crippen molar-refractivity contribution < 1.29 is 9.53 Å². The van der Waals surface area contributed by atoms with Crippen molar-refractivity contribution in [2.45, 2.75) is 24.0 Å². The largest absolute Gasteiger partial charge is 0.461 e. The molecular weight excluding hydrogens is 336 g/mol. The van der Waals surface area contributed by atoms with Gasteiger partial charge in [0.2, 0.25) is 0 Å². The molecule has 1 aliphatic heterocycles. The van der Waals surface area contributed by atoms with E-state index >= 15 is 0 Å². The number of thioether (sulfide) groups is 2. The van der Waals surface area contributed by atoms with E-state index in [1.54, 1.807) is 0 Å². The van der Waals surface area contributed by atoms with Crippen LogP contribution in [0.4, 0.5) is 0 Å². The van der Waals surface area contributed by atoms with E-state index in [0.717, 1.165) is 29.4 Å². The van der Waals surface area contributed by atoms with Crippen molar-refractivity contribution in [1.29, 1.82) is 0 Å². The molecule has 0 unspecified atom stereocenters. The van der Waals surface area contributed by atoms with Gasteiger partial charge in [-0.05, 0) is 17.5 Å². The van der Waals surface area contributed by atoms with E-state index in [1.165, 1.54) is 11.1 Å². The minimum absolute atomic E-state index is 0.0131. The minimum atomic E-state index is -0.0131. The Hall–Kier alpha value is -1.39. The van der Waals surface area contributed by atoms with Gasteiger partial charge in [-0.3, -0.25) is 4.79 Å². The molecule has 0 amide bonds. The molecule has 126 valence electrons.